The summed E-state index contributed by atoms with van der Waals surface area (Å²) >= 11 is 0. The lowest BCUT2D eigenvalue weighted by Crippen LogP contribution is -2.32. The maximum atomic E-state index is 13.6. The smallest absolute Gasteiger partial charge is 0.290 e. The number of hydrogen-bond acceptors (Lipinski definition) is 3. The average molecular weight is 319 g/mol. The van der Waals surface area contributed by atoms with Gasteiger partial charge in [-0.25, -0.2) is 4.39 Å². The highest BCUT2D eigenvalue weighted by molar-refractivity contribution is 6.08. The van der Waals surface area contributed by atoms with Gasteiger partial charge >= 0.3 is 0 Å². The Morgan fingerprint density at radius 3 is 2.65 bits per heavy atom. The molecule has 5 heteroatoms. The Hall–Kier alpha value is -2.17. The van der Waals surface area contributed by atoms with E-state index in [1.807, 2.05) is 0 Å². The highest BCUT2D eigenvalue weighted by atomic mass is 19.1. The second-order valence-corrected chi connectivity index (χ2v) is 5.84. The molecule has 23 heavy (non-hydrogen) atoms. The van der Waals surface area contributed by atoms with Gasteiger partial charge < -0.3 is 10.0 Å². The van der Waals surface area contributed by atoms with Crippen LogP contribution in [0.5, 0.6) is 0 Å². The van der Waals surface area contributed by atoms with Crippen LogP contribution >= 0.6 is 0 Å². The van der Waals surface area contributed by atoms with E-state index in [1.54, 1.807) is 6.07 Å². The van der Waals surface area contributed by atoms with Gasteiger partial charge in [-0.05, 0) is 31.0 Å². The summed E-state index contributed by atoms with van der Waals surface area (Å²) < 4.78 is 13.6. The molecule has 1 N–H and O–H groups in total. The average Bonchev–Trinajstić information content (AvgIpc) is 2.76. The Morgan fingerprint density at radius 1 is 1.30 bits per heavy atom. The van der Waals surface area contributed by atoms with Crippen molar-refractivity contribution in [2.24, 2.45) is 0 Å². The molecule has 1 aliphatic rings. The van der Waals surface area contributed by atoms with Crippen molar-refractivity contribution in [3.63, 3.8) is 0 Å². The van der Waals surface area contributed by atoms with Crippen LogP contribution in [0.2, 0.25) is 0 Å². The molecule has 1 heterocycles. The molecule has 4 nitrogen and oxygen atoms in total. The summed E-state index contributed by atoms with van der Waals surface area (Å²) in [5.41, 5.74) is 0.555. The molecule has 1 amide bonds. The van der Waals surface area contributed by atoms with Gasteiger partial charge in [0.25, 0.3) is 5.91 Å². The topological polar surface area (TPSA) is 57.6 Å². The lowest BCUT2D eigenvalue weighted by Gasteiger charge is -2.26. The molecule has 1 aromatic rings. The highest BCUT2D eigenvalue weighted by Crippen LogP contribution is 2.37. The number of hydrogen-bond donors (Lipinski definition) is 1. The fraction of sp³-hybridized carbons (Fsp3) is 0.444. The summed E-state index contributed by atoms with van der Waals surface area (Å²) in [6, 6.07) is 5.11. The Bertz CT molecular complexity index is 639. The van der Waals surface area contributed by atoms with Crippen molar-refractivity contribution in [2.45, 2.75) is 45.6 Å². The van der Waals surface area contributed by atoms with Crippen molar-refractivity contribution >= 4 is 11.7 Å². The van der Waals surface area contributed by atoms with Crippen LogP contribution in [-0.4, -0.2) is 28.2 Å². The van der Waals surface area contributed by atoms with E-state index >= 15 is 0 Å². The van der Waals surface area contributed by atoms with Crippen molar-refractivity contribution in [3.05, 3.63) is 47.0 Å². The van der Waals surface area contributed by atoms with E-state index < -0.39 is 23.5 Å². The minimum atomic E-state index is -0.711. The molecular formula is C18H22FNO3. The van der Waals surface area contributed by atoms with Crippen LogP contribution in [-0.2, 0) is 9.59 Å². The number of carbonyl (C=O) groups excluding carboxylic acids is 2. The maximum Gasteiger partial charge on any atom is 0.290 e. The first-order chi connectivity index (χ1) is 11.0. The molecule has 1 aromatic carbocycles. The van der Waals surface area contributed by atoms with Gasteiger partial charge in [-0.1, -0.05) is 38.3 Å². The predicted molar refractivity (Wildman–Crippen MR) is 85.3 cm³/mol. The number of aliphatic hydroxyl groups excluding tert-OH is 1. The Balaban J connectivity index is 2.33. The van der Waals surface area contributed by atoms with Crippen LogP contribution in [0.4, 0.5) is 4.39 Å². The first-order valence-electron chi connectivity index (χ1n) is 7.97. The second kappa shape index (κ2) is 7.40. The van der Waals surface area contributed by atoms with Crippen LogP contribution in [0.1, 0.15) is 51.1 Å². The van der Waals surface area contributed by atoms with Crippen LogP contribution in [0.3, 0.4) is 0 Å². The summed E-state index contributed by atoms with van der Waals surface area (Å²) in [6.07, 6.45) is 3.88. The van der Waals surface area contributed by atoms with Gasteiger partial charge in [-0.3, -0.25) is 9.59 Å². The van der Waals surface area contributed by atoms with E-state index in [2.05, 4.69) is 6.92 Å². The van der Waals surface area contributed by atoms with Crippen molar-refractivity contribution in [1.29, 1.82) is 0 Å². The molecule has 0 saturated heterocycles. The van der Waals surface area contributed by atoms with Crippen molar-refractivity contribution in [1.82, 2.24) is 4.90 Å². The SMILES string of the molecule is CCCCCCN1C(=O)C(O)=C(C(C)=O)[C@H]1c1cccc(F)c1. The molecule has 1 atom stereocenters. The molecule has 0 bridgehead atoms. The number of halogens is 1. The van der Waals surface area contributed by atoms with Gasteiger partial charge in [0, 0.05) is 6.54 Å². The van der Waals surface area contributed by atoms with Crippen LogP contribution in [0.15, 0.2) is 35.6 Å². The fourth-order valence-corrected chi connectivity index (χ4v) is 2.98. The standard InChI is InChI=1S/C18H22FNO3/c1-3-4-5-6-10-20-16(13-8-7-9-14(19)11-13)15(12(2)21)17(22)18(20)23/h7-9,11,16,22H,3-6,10H2,1-2H3/t16-/m1/s1. The van der Waals surface area contributed by atoms with Crippen LogP contribution in [0.25, 0.3) is 0 Å². The van der Waals surface area contributed by atoms with Gasteiger partial charge in [-0.2, -0.15) is 0 Å². The van der Waals surface area contributed by atoms with Crippen LogP contribution in [0, 0.1) is 5.82 Å². The number of rotatable bonds is 7. The minimum Gasteiger partial charge on any atom is -0.503 e. The number of amides is 1. The molecule has 0 saturated carbocycles. The molecule has 1 aliphatic heterocycles. The van der Waals surface area contributed by atoms with Crippen LogP contribution < -0.4 is 0 Å². The number of aliphatic hydroxyl groups is 1. The van der Waals surface area contributed by atoms with Gasteiger partial charge in [0.2, 0.25) is 0 Å². The maximum absolute atomic E-state index is 13.6. The Labute approximate surface area is 135 Å². The lowest BCUT2D eigenvalue weighted by atomic mass is 9.96. The molecule has 0 fully saturated rings. The van der Waals surface area contributed by atoms with Crippen molar-refractivity contribution < 1.29 is 19.1 Å². The van der Waals surface area contributed by atoms with E-state index in [4.69, 9.17) is 0 Å². The molecule has 0 aliphatic carbocycles. The summed E-state index contributed by atoms with van der Waals surface area (Å²) in [7, 11) is 0. The minimum absolute atomic E-state index is 0.0519. The van der Waals surface area contributed by atoms with E-state index in [-0.39, 0.29) is 11.4 Å². The Morgan fingerprint density at radius 2 is 2.04 bits per heavy atom. The van der Waals surface area contributed by atoms with Crippen molar-refractivity contribution in [3.8, 4) is 0 Å². The molecule has 0 aromatic heterocycles. The first-order valence-corrected chi connectivity index (χ1v) is 7.97. The number of ketones is 1. The zero-order valence-corrected chi connectivity index (χ0v) is 13.5. The molecule has 0 spiro atoms. The fourth-order valence-electron chi connectivity index (χ4n) is 2.98. The molecule has 2 rings (SSSR count). The Kier molecular flexibility index (Phi) is 5.53. The third kappa shape index (κ3) is 3.60. The zero-order chi connectivity index (χ0) is 17.0. The predicted octanol–water partition coefficient (Wildman–Crippen LogP) is 3.69. The number of Topliss-reactive ketones (excluding diaryl/α,β-unsaturated/α-hetero) is 1. The molecule has 0 unspecified atom stereocenters. The summed E-state index contributed by atoms with van der Waals surface area (Å²) in [4.78, 5) is 25.7. The summed E-state index contributed by atoms with van der Waals surface area (Å²) in [5, 5.41) is 10.1. The van der Waals surface area contributed by atoms with E-state index in [0.717, 1.165) is 25.7 Å². The van der Waals surface area contributed by atoms with Crippen molar-refractivity contribution in [2.75, 3.05) is 6.54 Å². The zero-order valence-electron chi connectivity index (χ0n) is 13.5. The van der Waals surface area contributed by atoms with E-state index in [1.165, 1.54) is 30.0 Å². The monoisotopic (exact) mass is 319 g/mol. The molecule has 0 radical (unpaired) electrons. The van der Waals surface area contributed by atoms with Gasteiger partial charge in [0.15, 0.2) is 11.5 Å². The number of unbranched alkanes of at least 4 members (excludes halogenated alkanes) is 3. The lowest BCUT2D eigenvalue weighted by molar-refractivity contribution is -0.129. The van der Waals surface area contributed by atoms with Gasteiger partial charge in [-0.15, -0.1) is 0 Å². The molecule has 124 valence electrons. The normalized spacial score (nSPS) is 18.0. The summed E-state index contributed by atoms with van der Waals surface area (Å²) in [6.45, 7) is 3.84. The number of benzene rings is 1. The van der Waals surface area contributed by atoms with E-state index in [9.17, 15) is 19.1 Å². The largest absolute Gasteiger partial charge is 0.503 e. The molecular weight excluding hydrogens is 297 g/mol. The third-order valence-electron chi connectivity index (χ3n) is 4.10. The van der Waals surface area contributed by atoms with E-state index in [0.29, 0.717) is 12.1 Å². The highest BCUT2D eigenvalue weighted by Gasteiger charge is 2.41. The second-order valence-electron chi connectivity index (χ2n) is 5.84. The quantitative estimate of drug-likeness (QED) is 0.780. The van der Waals surface area contributed by atoms with Gasteiger partial charge in [0.1, 0.15) is 5.82 Å². The number of nitrogens with zero attached hydrogens (tertiary/aromatic N) is 1. The van der Waals surface area contributed by atoms with Gasteiger partial charge in [0.05, 0.1) is 11.6 Å². The first kappa shape index (κ1) is 17.2. The number of carbonyl (C=O) groups is 2. The third-order valence-corrected chi connectivity index (χ3v) is 4.10. The summed E-state index contributed by atoms with van der Waals surface area (Å²) in [5.74, 6) is -1.88.